The predicted molar refractivity (Wildman–Crippen MR) is 63.1 cm³/mol. The molecular weight excluding hydrogens is 243 g/mol. The third-order valence-electron chi connectivity index (χ3n) is 4.37. The van der Waals surface area contributed by atoms with E-state index in [4.69, 9.17) is 10.5 Å². The minimum Gasteiger partial charge on any atom is -0.375 e. The second-order valence-corrected chi connectivity index (χ2v) is 5.83. The molecule has 1 aliphatic heterocycles. The zero-order chi connectivity index (χ0) is 13.2. The van der Waals surface area contributed by atoms with Crippen LogP contribution in [0.4, 0.5) is 13.2 Å². The van der Waals surface area contributed by atoms with Crippen LogP contribution in [-0.2, 0) is 4.74 Å². The van der Waals surface area contributed by atoms with Gasteiger partial charge < -0.3 is 10.5 Å². The molecule has 106 valence electrons. The lowest BCUT2D eigenvalue weighted by Crippen LogP contribution is -2.47. The van der Waals surface area contributed by atoms with Gasteiger partial charge in [-0.2, -0.15) is 13.2 Å². The van der Waals surface area contributed by atoms with Gasteiger partial charge in [0.25, 0.3) is 0 Å². The van der Waals surface area contributed by atoms with Gasteiger partial charge in [0.15, 0.2) is 0 Å². The van der Waals surface area contributed by atoms with Gasteiger partial charge in [0.2, 0.25) is 0 Å². The summed E-state index contributed by atoms with van der Waals surface area (Å²) >= 11 is 0. The zero-order valence-corrected chi connectivity index (χ0v) is 10.6. The molecule has 1 spiro atoms. The van der Waals surface area contributed by atoms with Crippen LogP contribution in [0, 0.1) is 5.92 Å². The molecule has 1 heterocycles. The number of rotatable bonds is 2. The first-order chi connectivity index (χ1) is 8.40. The van der Waals surface area contributed by atoms with Crippen LogP contribution in [0.1, 0.15) is 51.4 Å². The summed E-state index contributed by atoms with van der Waals surface area (Å²) in [5, 5.41) is 0. The predicted octanol–water partition coefficient (Wildman–Crippen LogP) is 3.40. The normalized spacial score (nSPS) is 30.3. The van der Waals surface area contributed by atoms with Gasteiger partial charge in [-0.3, -0.25) is 0 Å². The molecule has 1 aliphatic carbocycles. The Morgan fingerprint density at radius 3 is 2.50 bits per heavy atom. The van der Waals surface area contributed by atoms with E-state index in [2.05, 4.69) is 0 Å². The maximum atomic E-state index is 12.4. The van der Waals surface area contributed by atoms with Crippen molar-refractivity contribution in [3.63, 3.8) is 0 Å². The van der Waals surface area contributed by atoms with E-state index in [1.165, 1.54) is 6.42 Å². The van der Waals surface area contributed by atoms with Crippen molar-refractivity contribution in [2.75, 3.05) is 6.61 Å². The summed E-state index contributed by atoms with van der Waals surface area (Å²) in [4.78, 5) is 0. The van der Waals surface area contributed by atoms with E-state index < -0.39 is 18.6 Å². The highest BCUT2D eigenvalue weighted by Gasteiger charge is 2.42. The minimum absolute atomic E-state index is 0.0431. The molecule has 1 saturated heterocycles. The van der Waals surface area contributed by atoms with Gasteiger partial charge in [-0.25, -0.2) is 0 Å². The van der Waals surface area contributed by atoms with Gasteiger partial charge in [-0.15, -0.1) is 0 Å². The lowest BCUT2D eigenvalue weighted by molar-refractivity contribution is -0.153. The molecule has 2 fully saturated rings. The molecule has 0 aromatic carbocycles. The van der Waals surface area contributed by atoms with Crippen LogP contribution in [-0.4, -0.2) is 24.4 Å². The molecule has 0 radical (unpaired) electrons. The quantitative estimate of drug-likeness (QED) is 0.830. The number of alkyl halides is 3. The van der Waals surface area contributed by atoms with Crippen LogP contribution in [0.15, 0.2) is 0 Å². The van der Waals surface area contributed by atoms with Gasteiger partial charge in [0.1, 0.15) is 0 Å². The molecule has 2 unspecified atom stereocenters. The van der Waals surface area contributed by atoms with E-state index in [0.717, 1.165) is 25.7 Å². The smallest absolute Gasteiger partial charge is 0.375 e. The van der Waals surface area contributed by atoms with Crippen LogP contribution >= 0.6 is 0 Å². The van der Waals surface area contributed by atoms with E-state index in [0.29, 0.717) is 19.4 Å². The van der Waals surface area contributed by atoms with Crippen molar-refractivity contribution in [2.24, 2.45) is 11.7 Å². The lowest BCUT2D eigenvalue weighted by Gasteiger charge is -2.45. The topological polar surface area (TPSA) is 35.2 Å². The molecular formula is C13H22F3NO. The number of hydrogen-bond donors (Lipinski definition) is 1. The standard InChI is InChI=1S/C13H22F3NO/c14-13(15,16)9-11(17)10-4-7-18-12(8-10)5-2-1-3-6-12/h10-11H,1-9,17H2. The molecule has 2 atom stereocenters. The molecule has 2 aliphatic rings. The van der Waals surface area contributed by atoms with Gasteiger partial charge in [-0.1, -0.05) is 19.3 Å². The Morgan fingerprint density at radius 2 is 1.89 bits per heavy atom. The fourth-order valence-corrected chi connectivity index (χ4v) is 3.41. The Labute approximate surface area is 106 Å². The Kier molecular flexibility index (Phi) is 4.22. The Bertz CT molecular complexity index is 268. The zero-order valence-electron chi connectivity index (χ0n) is 10.6. The highest BCUT2D eigenvalue weighted by molar-refractivity contribution is 4.92. The first-order valence-electron chi connectivity index (χ1n) is 6.87. The second-order valence-electron chi connectivity index (χ2n) is 5.83. The van der Waals surface area contributed by atoms with Crippen LogP contribution in [0.2, 0.25) is 0 Å². The SMILES string of the molecule is NC(CC(F)(F)F)C1CCOC2(CCCCC2)C1. The van der Waals surface area contributed by atoms with Crippen molar-refractivity contribution in [1.82, 2.24) is 0 Å². The Hall–Kier alpha value is -0.290. The molecule has 0 bridgehead atoms. The van der Waals surface area contributed by atoms with Gasteiger partial charge in [-0.05, 0) is 31.6 Å². The summed E-state index contributed by atoms with van der Waals surface area (Å²) in [5.41, 5.74) is 5.59. The van der Waals surface area contributed by atoms with E-state index in [1.54, 1.807) is 0 Å². The van der Waals surface area contributed by atoms with E-state index in [9.17, 15) is 13.2 Å². The third kappa shape index (κ3) is 3.60. The molecule has 2 N–H and O–H groups in total. The van der Waals surface area contributed by atoms with Crippen LogP contribution in [0.5, 0.6) is 0 Å². The van der Waals surface area contributed by atoms with Crippen molar-refractivity contribution in [3.8, 4) is 0 Å². The highest BCUT2D eigenvalue weighted by Crippen LogP contribution is 2.42. The Morgan fingerprint density at radius 1 is 1.22 bits per heavy atom. The summed E-state index contributed by atoms with van der Waals surface area (Å²) in [7, 11) is 0. The average molecular weight is 265 g/mol. The number of halogens is 3. The maximum Gasteiger partial charge on any atom is 0.390 e. The molecule has 0 aromatic rings. The monoisotopic (exact) mass is 265 g/mol. The van der Waals surface area contributed by atoms with Crippen molar-refractivity contribution in [3.05, 3.63) is 0 Å². The minimum atomic E-state index is -4.16. The third-order valence-corrected chi connectivity index (χ3v) is 4.37. The summed E-state index contributed by atoms with van der Waals surface area (Å²) in [5.74, 6) is -0.0431. The number of nitrogens with two attached hydrogens (primary N) is 1. The fraction of sp³-hybridized carbons (Fsp3) is 1.00. The summed E-state index contributed by atoms with van der Waals surface area (Å²) in [6.45, 7) is 0.566. The van der Waals surface area contributed by atoms with Crippen molar-refractivity contribution in [2.45, 2.75) is 69.2 Å². The van der Waals surface area contributed by atoms with Crippen LogP contribution in [0.25, 0.3) is 0 Å². The average Bonchev–Trinajstić information content (AvgIpc) is 2.28. The molecule has 0 amide bonds. The van der Waals surface area contributed by atoms with E-state index in [1.807, 2.05) is 0 Å². The first-order valence-corrected chi connectivity index (χ1v) is 6.87. The lowest BCUT2D eigenvalue weighted by atomic mass is 9.74. The van der Waals surface area contributed by atoms with Crippen LogP contribution < -0.4 is 5.73 Å². The molecule has 18 heavy (non-hydrogen) atoms. The van der Waals surface area contributed by atoms with E-state index in [-0.39, 0.29) is 11.5 Å². The van der Waals surface area contributed by atoms with Crippen LogP contribution in [0.3, 0.4) is 0 Å². The van der Waals surface area contributed by atoms with Gasteiger partial charge in [0.05, 0.1) is 12.0 Å². The fourth-order valence-electron chi connectivity index (χ4n) is 3.41. The van der Waals surface area contributed by atoms with Gasteiger partial charge >= 0.3 is 6.18 Å². The van der Waals surface area contributed by atoms with Gasteiger partial charge in [0, 0.05) is 12.6 Å². The summed E-state index contributed by atoms with van der Waals surface area (Å²) < 4.78 is 43.0. The molecule has 5 heteroatoms. The molecule has 0 aromatic heterocycles. The summed E-state index contributed by atoms with van der Waals surface area (Å²) in [6, 6.07) is -0.771. The summed E-state index contributed by atoms with van der Waals surface area (Å²) in [6.07, 6.45) is 1.80. The maximum absolute atomic E-state index is 12.4. The van der Waals surface area contributed by atoms with Crippen molar-refractivity contribution in [1.29, 1.82) is 0 Å². The molecule has 2 nitrogen and oxygen atoms in total. The number of ether oxygens (including phenoxy) is 1. The van der Waals surface area contributed by atoms with E-state index >= 15 is 0 Å². The molecule has 2 rings (SSSR count). The molecule has 1 saturated carbocycles. The largest absolute Gasteiger partial charge is 0.390 e. The van der Waals surface area contributed by atoms with Crippen molar-refractivity contribution < 1.29 is 17.9 Å². The highest BCUT2D eigenvalue weighted by atomic mass is 19.4. The Balaban J connectivity index is 1.93. The van der Waals surface area contributed by atoms with Crippen molar-refractivity contribution >= 4 is 0 Å². The number of hydrogen-bond acceptors (Lipinski definition) is 2. The second kappa shape index (κ2) is 5.37. The first kappa shape index (κ1) is 14.1.